The van der Waals surface area contributed by atoms with Crippen molar-refractivity contribution in [3.05, 3.63) is 23.8 Å². The Hall–Kier alpha value is -2.18. The van der Waals surface area contributed by atoms with Crippen LogP contribution >= 0.6 is 0 Å². The highest BCUT2D eigenvalue weighted by Gasteiger charge is 2.36. The van der Waals surface area contributed by atoms with Crippen molar-refractivity contribution in [1.29, 1.82) is 0 Å². The van der Waals surface area contributed by atoms with E-state index in [-0.39, 0.29) is 29.3 Å². The Morgan fingerprint density at radius 3 is 2.63 bits per heavy atom. The molecule has 7 heteroatoms. The molecule has 0 bridgehead atoms. The lowest BCUT2D eigenvalue weighted by Gasteiger charge is -2.16. The van der Waals surface area contributed by atoms with E-state index in [1.165, 1.54) is 19.2 Å². The number of likely N-dealkylation sites (N-methyl/N-ethyl adjacent to an activating group) is 1. The molecule has 1 heterocycles. The van der Waals surface area contributed by atoms with E-state index in [1.807, 2.05) is 0 Å². The van der Waals surface area contributed by atoms with Gasteiger partial charge < -0.3 is 11.1 Å². The molecule has 5 nitrogen and oxygen atoms in total. The van der Waals surface area contributed by atoms with Gasteiger partial charge in [0, 0.05) is 24.0 Å². The van der Waals surface area contributed by atoms with Crippen LogP contribution in [0.3, 0.4) is 0 Å². The highest BCUT2D eigenvalue weighted by molar-refractivity contribution is 6.06. The van der Waals surface area contributed by atoms with Gasteiger partial charge in [-0.25, -0.2) is 8.78 Å². The number of hydrogen-bond donors (Lipinski definition) is 2. The van der Waals surface area contributed by atoms with E-state index >= 15 is 0 Å². The first-order valence-electron chi connectivity index (χ1n) is 5.64. The SMILES string of the molecule is CN1C(=O)CC(Nc2ccc(N)cc2C(F)F)C1=O. The van der Waals surface area contributed by atoms with E-state index in [4.69, 9.17) is 5.73 Å². The lowest BCUT2D eigenvalue weighted by Crippen LogP contribution is -2.32. The average molecular weight is 269 g/mol. The number of halogens is 2. The molecule has 1 aromatic carbocycles. The summed E-state index contributed by atoms with van der Waals surface area (Å²) in [6.45, 7) is 0. The van der Waals surface area contributed by atoms with Crippen molar-refractivity contribution in [1.82, 2.24) is 4.90 Å². The second-order valence-electron chi connectivity index (χ2n) is 4.34. The molecule has 0 aromatic heterocycles. The predicted molar refractivity (Wildman–Crippen MR) is 65.6 cm³/mol. The van der Waals surface area contributed by atoms with Crippen LogP contribution < -0.4 is 11.1 Å². The molecule has 1 aliphatic rings. The summed E-state index contributed by atoms with van der Waals surface area (Å²) < 4.78 is 25.7. The number of likely N-dealkylation sites (tertiary alicyclic amines) is 1. The number of nitrogen functional groups attached to an aromatic ring is 1. The van der Waals surface area contributed by atoms with Gasteiger partial charge in [-0.15, -0.1) is 0 Å². The zero-order valence-electron chi connectivity index (χ0n) is 10.2. The second-order valence-corrected chi connectivity index (χ2v) is 4.34. The molecule has 1 fully saturated rings. The minimum absolute atomic E-state index is 0.0393. The highest BCUT2D eigenvalue weighted by Crippen LogP contribution is 2.30. The normalized spacial score (nSPS) is 19.4. The molecule has 0 saturated carbocycles. The molecular weight excluding hydrogens is 256 g/mol. The first-order valence-corrected chi connectivity index (χ1v) is 5.64. The molecule has 0 radical (unpaired) electrons. The van der Waals surface area contributed by atoms with Crippen LogP contribution in [-0.4, -0.2) is 29.8 Å². The summed E-state index contributed by atoms with van der Waals surface area (Å²) in [5.41, 5.74) is 5.50. The van der Waals surface area contributed by atoms with E-state index in [9.17, 15) is 18.4 Å². The Kier molecular flexibility index (Phi) is 3.37. The fraction of sp³-hybridized carbons (Fsp3) is 0.333. The van der Waals surface area contributed by atoms with Crippen molar-refractivity contribution >= 4 is 23.2 Å². The minimum atomic E-state index is -2.71. The number of hydrogen-bond acceptors (Lipinski definition) is 4. The van der Waals surface area contributed by atoms with Crippen LogP contribution in [0.1, 0.15) is 18.4 Å². The van der Waals surface area contributed by atoms with Crippen molar-refractivity contribution in [2.45, 2.75) is 18.9 Å². The van der Waals surface area contributed by atoms with Gasteiger partial charge in [-0.05, 0) is 18.2 Å². The lowest BCUT2D eigenvalue weighted by atomic mass is 10.1. The molecular formula is C12H13F2N3O2. The summed E-state index contributed by atoms with van der Waals surface area (Å²) in [6, 6.07) is 3.18. The summed E-state index contributed by atoms with van der Waals surface area (Å²) in [5.74, 6) is -0.765. The van der Waals surface area contributed by atoms with Crippen molar-refractivity contribution < 1.29 is 18.4 Å². The summed E-state index contributed by atoms with van der Waals surface area (Å²) in [7, 11) is 1.36. The van der Waals surface area contributed by atoms with Crippen LogP contribution in [0.5, 0.6) is 0 Å². The predicted octanol–water partition coefficient (Wildman–Crippen LogP) is 1.38. The summed E-state index contributed by atoms with van der Waals surface area (Å²) in [4.78, 5) is 24.0. The standard InChI is InChI=1S/C12H13F2N3O2/c1-17-10(18)5-9(12(17)19)16-8-3-2-6(15)4-7(8)11(13)14/h2-4,9,11,16H,5,15H2,1H3. The highest BCUT2D eigenvalue weighted by atomic mass is 19.3. The Bertz CT molecular complexity index is 534. The largest absolute Gasteiger partial charge is 0.399 e. The van der Waals surface area contributed by atoms with Gasteiger partial charge in [0.25, 0.3) is 12.3 Å². The van der Waals surface area contributed by atoms with Gasteiger partial charge in [-0.3, -0.25) is 14.5 Å². The van der Waals surface area contributed by atoms with E-state index < -0.39 is 18.4 Å². The summed E-state index contributed by atoms with van der Waals surface area (Å²) in [5, 5.41) is 2.68. The molecule has 102 valence electrons. The van der Waals surface area contributed by atoms with Crippen LogP contribution in [0, 0.1) is 0 Å². The average Bonchev–Trinajstić information content (AvgIpc) is 2.59. The number of nitrogens with two attached hydrogens (primary N) is 1. The molecule has 1 atom stereocenters. The molecule has 0 aliphatic carbocycles. The zero-order chi connectivity index (χ0) is 14.2. The Morgan fingerprint density at radius 2 is 2.11 bits per heavy atom. The molecule has 1 aliphatic heterocycles. The van der Waals surface area contributed by atoms with Crippen LogP contribution in [-0.2, 0) is 9.59 Å². The third-order valence-corrected chi connectivity index (χ3v) is 3.02. The maximum atomic E-state index is 12.9. The molecule has 1 aromatic rings. The lowest BCUT2D eigenvalue weighted by molar-refractivity contribution is -0.136. The first kappa shape index (κ1) is 13.3. The van der Waals surface area contributed by atoms with Gasteiger partial charge in [0.2, 0.25) is 5.91 Å². The topological polar surface area (TPSA) is 75.4 Å². The fourth-order valence-electron chi connectivity index (χ4n) is 1.95. The quantitative estimate of drug-likeness (QED) is 0.642. The smallest absolute Gasteiger partial charge is 0.265 e. The van der Waals surface area contributed by atoms with Crippen LogP contribution in [0.15, 0.2) is 18.2 Å². The zero-order valence-corrected chi connectivity index (χ0v) is 10.2. The van der Waals surface area contributed by atoms with E-state index in [2.05, 4.69) is 5.32 Å². The number of amides is 2. The third kappa shape index (κ3) is 2.49. The first-order chi connectivity index (χ1) is 8.90. The molecule has 0 spiro atoms. The van der Waals surface area contributed by atoms with Crippen molar-refractivity contribution in [3.63, 3.8) is 0 Å². The molecule has 2 amide bonds. The van der Waals surface area contributed by atoms with Gasteiger partial charge in [0.05, 0.1) is 6.42 Å². The van der Waals surface area contributed by atoms with Crippen LogP contribution in [0.25, 0.3) is 0 Å². The number of nitrogens with zero attached hydrogens (tertiary/aromatic N) is 1. The number of carbonyl (C=O) groups excluding carboxylic acids is 2. The van der Waals surface area contributed by atoms with Crippen LogP contribution in [0.2, 0.25) is 0 Å². The van der Waals surface area contributed by atoms with Gasteiger partial charge in [0.1, 0.15) is 6.04 Å². The maximum Gasteiger partial charge on any atom is 0.265 e. The van der Waals surface area contributed by atoms with Crippen LogP contribution in [0.4, 0.5) is 20.2 Å². The van der Waals surface area contributed by atoms with E-state index in [1.54, 1.807) is 0 Å². The molecule has 1 saturated heterocycles. The Morgan fingerprint density at radius 1 is 1.42 bits per heavy atom. The number of anilines is 2. The summed E-state index contributed by atoms with van der Waals surface area (Å²) in [6.07, 6.45) is -2.75. The number of nitrogens with one attached hydrogen (secondary N) is 1. The van der Waals surface area contributed by atoms with Crippen molar-refractivity contribution in [2.24, 2.45) is 0 Å². The van der Waals surface area contributed by atoms with E-state index in [0.717, 1.165) is 11.0 Å². The van der Waals surface area contributed by atoms with Gasteiger partial charge in [0.15, 0.2) is 0 Å². The third-order valence-electron chi connectivity index (χ3n) is 3.02. The molecule has 19 heavy (non-hydrogen) atoms. The minimum Gasteiger partial charge on any atom is -0.399 e. The van der Waals surface area contributed by atoms with E-state index in [0.29, 0.717) is 0 Å². The maximum absolute atomic E-state index is 12.9. The monoisotopic (exact) mass is 269 g/mol. The molecule has 1 unspecified atom stereocenters. The number of benzene rings is 1. The molecule has 2 rings (SSSR count). The van der Waals surface area contributed by atoms with Crippen molar-refractivity contribution in [2.75, 3.05) is 18.1 Å². The molecule has 3 N–H and O–H groups in total. The Labute approximate surface area is 108 Å². The number of carbonyl (C=O) groups is 2. The number of imide groups is 1. The van der Waals surface area contributed by atoms with Gasteiger partial charge in [-0.1, -0.05) is 0 Å². The van der Waals surface area contributed by atoms with Crippen molar-refractivity contribution in [3.8, 4) is 0 Å². The van der Waals surface area contributed by atoms with Gasteiger partial charge >= 0.3 is 0 Å². The van der Waals surface area contributed by atoms with Gasteiger partial charge in [-0.2, -0.15) is 0 Å². The number of alkyl halides is 2. The second kappa shape index (κ2) is 4.83. The summed E-state index contributed by atoms with van der Waals surface area (Å²) >= 11 is 0. The Balaban J connectivity index is 2.25. The fourth-order valence-corrected chi connectivity index (χ4v) is 1.95. The number of rotatable bonds is 3.